The van der Waals surface area contributed by atoms with Crippen molar-refractivity contribution < 1.29 is 0 Å². The zero-order valence-corrected chi connectivity index (χ0v) is 12.6. The molecule has 23 heavy (non-hydrogen) atoms. The zero-order chi connectivity index (χ0) is 16.7. The number of amidine groups is 1. The third-order valence-electron chi connectivity index (χ3n) is 2.62. The molecular formula is C15H11N7S. The van der Waals surface area contributed by atoms with Crippen molar-refractivity contribution in [1.29, 1.82) is 15.9 Å². The van der Waals surface area contributed by atoms with Gasteiger partial charge in [0, 0.05) is 11.1 Å². The van der Waals surface area contributed by atoms with E-state index in [4.69, 9.17) is 21.7 Å². The molecule has 0 amide bonds. The maximum Gasteiger partial charge on any atom is 0.201 e. The van der Waals surface area contributed by atoms with Crippen LogP contribution in [0.2, 0.25) is 0 Å². The predicted molar refractivity (Wildman–Crippen MR) is 88.1 cm³/mol. The molecule has 2 rings (SSSR count). The Balaban J connectivity index is 2.10. The summed E-state index contributed by atoms with van der Waals surface area (Å²) in [5.74, 6) is -0.397. The topological polar surface area (TPSA) is 135 Å². The van der Waals surface area contributed by atoms with Crippen LogP contribution in [0.4, 0.5) is 5.69 Å². The molecule has 0 atom stereocenters. The Labute approximate surface area is 137 Å². The molecule has 0 aliphatic heterocycles. The largest absolute Gasteiger partial charge is 0.382 e. The van der Waals surface area contributed by atoms with Crippen LogP contribution in [-0.2, 0) is 0 Å². The molecule has 0 spiro atoms. The van der Waals surface area contributed by atoms with E-state index in [2.05, 4.69) is 21.6 Å². The third-order valence-corrected chi connectivity index (χ3v) is 3.64. The van der Waals surface area contributed by atoms with Gasteiger partial charge in [-0.25, -0.2) is 4.98 Å². The number of nitrogens with one attached hydrogen (secondary N) is 2. The van der Waals surface area contributed by atoms with E-state index in [1.807, 2.05) is 12.1 Å². The zero-order valence-electron chi connectivity index (χ0n) is 11.8. The van der Waals surface area contributed by atoms with Gasteiger partial charge in [-0.3, -0.25) is 10.8 Å². The second kappa shape index (κ2) is 7.59. The van der Waals surface area contributed by atoms with E-state index in [1.165, 1.54) is 11.8 Å². The number of benzene rings is 1. The highest BCUT2D eigenvalue weighted by Gasteiger charge is 2.05. The third kappa shape index (κ3) is 4.30. The molecule has 2 aromatic rings. The molecule has 7 nitrogen and oxygen atoms in total. The smallest absolute Gasteiger partial charge is 0.201 e. The highest BCUT2D eigenvalue weighted by Crippen LogP contribution is 2.29. The van der Waals surface area contributed by atoms with Crippen LogP contribution < -0.4 is 11.2 Å². The van der Waals surface area contributed by atoms with Gasteiger partial charge in [-0.1, -0.05) is 11.8 Å². The Hall–Kier alpha value is -3.36. The van der Waals surface area contributed by atoms with Gasteiger partial charge in [0.2, 0.25) is 5.71 Å². The average Bonchev–Trinajstić information content (AvgIpc) is 2.57. The van der Waals surface area contributed by atoms with Crippen LogP contribution in [0.5, 0.6) is 0 Å². The molecule has 0 fully saturated rings. The molecule has 0 saturated heterocycles. The number of anilines is 1. The summed E-state index contributed by atoms with van der Waals surface area (Å²) in [6.45, 7) is 0. The van der Waals surface area contributed by atoms with Crippen molar-refractivity contribution in [2.45, 2.75) is 9.92 Å². The molecule has 0 radical (unpaired) electrons. The minimum Gasteiger partial charge on any atom is -0.382 e. The van der Waals surface area contributed by atoms with Crippen molar-refractivity contribution >= 4 is 29.0 Å². The van der Waals surface area contributed by atoms with Crippen molar-refractivity contribution in [3.63, 3.8) is 0 Å². The molecule has 1 heterocycles. The SMILES string of the molecule is N#C/C(=N\Nc1ccc(Sc2ncccc2C#N)cc1)C(=N)N. The van der Waals surface area contributed by atoms with E-state index in [1.54, 1.807) is 36.5 Å². The Morgan fingerprint density at radius 1 is 1.26 bits per heavy atom. The minimum atomic E-state index is -0.397. The van der Waals surface area contributed by atoms with E-state index in [0.717, 1.165) is 4.90 Å². The number of nitriles is 2. The van der Waals surface area contributed by atoms with Crippen LogP contribution in [0.3, 0.4) is 0 Å². The van der Waals surface area contributed by atoms with E-state index in [0.29, 0.717) is 16.3 Å². The fourth-order valence-electron chi connectivity index (χ4n) is 1.53. The van der Waals surface area contributed by atoms with E-state index in [-0.39, 0.29) is 5.71 Å². The van der Waals surface area contributed by atoms with Gasteiger partial charge >= 0.3 is 0 Å². The lowest BCUT2D eigenvalue weighted by molar-refractivity contribution is 1.11. The van der Waals surface area contributed by atoms with Crippen LogP contribution in [0, 0.1) is 28.1 Å². The first-order valence-electron chi connectivity index (χ1n) is 6.35. The van der Waals surface area contributed by atoms with Crippen molar-refractivity contribution in [2.75, 3.05) is 5.43 Å². The summed E-state index contributed by atoms with van der Waals surface area (Å²) in [7, 11) is 0. The number of rotatable bonds is 5. The summed E-state index contributed by atoms with van der Waals surface area (Å²) in [6, 6.07) is 14.4. The number of hydrazone groups is 1. The molecule has 1 aromatic heterocycles. The second-order valence-corrected chi connectivity index (χ2v) is 5.25. The van der Waals surface area contributed by atoms with Crippen LogP contribution in [0.25, 0.3) is 0 Å². The standard InChI is InChI=1S/C15H11N7S/c16-8-10-2-1-7-20-15(10)23-12-5-3-11(4-6-12)21-22-13(9-17)14(18)19/h1-7,21H,(H3,18,19)/b22-13+. The first-order chi connectivity index (χ1) is 11.1. The van der Waals surface area contributed by atoms with Gasteiger partial charge in [-0.15, -0.1) is 0 Å². The van der Waals surface area contributed by atoms with E-state index < -0.39 is 5.84 Å². The van der Waals surface area contributed by atoms with Crippen molar-refractivity contribution in [3.05, 3.63) is 48.2 Å². The highest BCUT2D eigenvalue weighted by molar-refractivity contribution is 7.99. The molecule has 0 aliphatic carbocycles. The lowest BCUT2D eigenvalue weighted by atomic mass is 10.3. The predicted octanol–water partition coefficient (Wildman–Crippen LogP) is 2.33. The quantitative estimate of drug-likeness (QED) is 0.439. The van der Waals surface area contributed by atoms with Crippen LogP contribution >= 0.6 is 11.8 Å². The van der Waals surface area contributed by atoms with Gasteiger partial charge in [-0.2, -0.15) is 15.6 Å². The Morgan fingerprint density at radius 3 is 2.61 bits per heavy atom. The summed E-state index contributed by atoms with van der Waals surface area (Å²) in [4.78, 5) is 5.09. The fraction of sp³-hybridized carbons (Fsp3) is 0. The first-order valence-corrected chi connectivity index (χ1v) is 7.17. The molecule has 112 valence electrons. The summed E-state index contributed by atoms with van der Waals surface area (Å²) in [6.07, 6.45) is 1.64. The molecule has 0 bridgehead atoms. The van der Waals surface area contributed by atoms with Crippen LogP contribution in [-0.4, -0.2) is 16.5 Å². The summed E-state index contributed by atoms with van der Waals surface area (Å²) in [5.41, 5.74) is 8.84. The van der Waals surface area contributed by atoms with Gasteiger partial charge in [0.15, 0.2) is 5.84 Å². The maximum absolute atomic E-state index is 9.05. The monoisotopic (exact) mass is 321 g/mol. The average molecular weight is 321 g/mol. The van der Waals surface area contributed by atoms with Crippen molar-refractivity contribution in [3.8, 4) is 12.1 Å². The molecule has 0 saturated carbocycles. The Morgan fingerprint density at radius 2 is 2.00 bits per heavy atom. The number of hydrogen-bond acceptors (Lipinski definition) is 7. The number of aromatic nitrogens is 1. The number of pyridine rings is 1. The first kappa shape index (κ1) is 16.0. The highest BCUT2D eigenvalue weighted by atomic mass is 32.2. The van der Waals surface area contributed by atoms with Gasteiger partial charge in [0.25, 0.3) is 0 Å². The molecule has 4 N–H and O–H groups in total. The van der Waals surface area contributed by atoms with Gasteiger partial charge in [0.05, 0.1) is 11.3 Å². The summed E-state index contributed by atoms with van der Waals surface area (Å²) < 4.78 is 0. The molecule has 0 unspecified atom stereocenters. The van der Waals surface area contributed by atoms with Gasteiger partial charge in [-0.05, 0) is 36.4 Å². The molecule has 1 aromatic carbocycles. The lowest BCUT2D eigenvalue weighted by Gasteiger charge is -2.04. The van der Waals surface area contributed by atoms with Gasteiger partial charge in [0.1, 0.15) is 17.2 Å². The molecule has 0 aliphatic rings. The Kier molecular flexibility index (Phi) is 5.29. The minimum absolute atomic E-state index is 0.185. The normalized spacial score (nSPS) is 10.4. The van der Waals surface area contributed by atoms with Gasteiger partial charge < -0.3 is 5.73 Å². The van der Waals surface area contributed by atoms with E-state index >= 15 is 0 Å². The summed E-state index contributed by atoms with van der Waals surface area (Å²) in [5, 5.41) is 29.3. The summed E-state index contributed by atoms with van der Waals surface area (Å²) >= 11 is 1.38. The van der Waals surface area contributed by atoms with Crippen LogP contribution in [0.15, 0.2) is 57.6 Å². The lowest BCUT2D eigenvalue weighted by Crippen LogP contribution is -2.21. The maximum atomic E-state index is 9.05. The Bertz CT molecular complexity index is 828. The molecule has 8 heteroatoms. The van der Waals surface area contributed by atoms with Crippen molar-refractivity contribution in [2.24, 2.45) is 10.8 Å². The molecular weight excluding hydrogens is 310 g/mol. The second-order valence-electron chi connectivity index (χ2n) is 4.19. The number of nitrogens with zero attached hydrogens (tertiary/aromatic N) is 4. The van der Waals surface area contributed by atoms with Crippen molar-refractivity contribution in [1.82, 2.24) is 4.98 Å². The number of hydrogen-bond donors (Lipinski definition) is 3. The van der Waals surface area contributed by atoms with E-state index in [9.17, 15) is 0 Å². The van der Waals surface area contributed by atoms with Crippen LogP contribution in [0.1, 0.15) is 5.56 Å². The fourth-order valence-corrected chi connectivity index (χ4v) is 2.36. The number of nitrogens with two attached hydrogens (primary N) is 1.